The maximum absolute atomic E-state index is 15.7. The smallest absolute Gasteiger partial charge is 0.229 e. The summed E-state index contributed by atoms with van der Waals surface area (Å²) in [4.78, 5) is 8.74. The van der Waals surface area contributed by atoms with Crippen LogP contribution in [0.4, 0.5) is 21.8 Å². The van der Waals surface area contributed by atoms with Gasteiger partial charge in [-0.25, -0.2) is 9.37 Å². The second-order valence-electron chi connectivity index (χ2n) is 7.31. The molecule has 1 aromatic carbocycles. The van der Waals surface area contributed by atoms with Crippen LogP contribution in [0.25, 0.3) is 5.57 Å². The molecule has 4 rings (SSSR count). The number of nitrogens with zero attached hydrogens (tertiary/aromatic N) is 2. The summed E-state index contributed by atoms with van der Waals surface area (Å²) in [5.74, 6) is 1.60. The number of aromatic nitrogens is 2. The van der Waals surface area contributed by atoms with Crippen molar-refractivity contribution in [3.05, 3.63) is 35.3 Å². The van der Waals surface area contributed by atoms with E-state index in [9.17, 15) is 0 Å². The van der Waals surface area contributed by atoms with Crippen molar-refractivity contribution >= 4 is 23.0 Å². The van der Waals surface area contributed by atoms with Crippen LogP contribution in [-0.2, 0) is 0 Å². The van der Waals surface area contributed by atoms with Gasteiger partial charge in [-0.3, -0.25) is 0 Å². The third-order valence-corrected chi connectivity index (χ3v) is 5.11. The molecule has 29 heavy (non-hydrogen) atoms. The van der Waals surface area contributed by atoms with Crippen LogP contribution in [0.3, 0.4) is 0 Å². The number of fused-ring (bicyclic) bond motifs is 1. The minimum Gasteiger partial charge on any atom is -0.486 e. The van der Waals surface area contributed by atoms with Gasteiger partial charge in [-0.1, -0.05) is 6.08 Å². The van der Waals surface area contributed by atoms with E-state index in [1.807, 2.05) is 19.1 Å². The van der Waals surface area contributed by atoms with Crippen molar-refractivity contribution in [3.63, 3.8) is 0 Å². The maximum atomic E-state index is 15.7. The van der Waals surface area contributed by atoms with Crippen LogP contribution in [0.1, 0.15) is 31.0 Å². The molecule has 7 nitrogen and oxygen atoms in total. The van der Waals surface area contributed by atoms with Crippen molar-refractivity contribution in [1.82, 2.24) is 15.3 Å². The summed E-state index contributed by atoms with van der Waals surface area (Å²) >= 11 is 0. The fraction of sp³-hybridized carbons (Fsp3) is 0.429. The minimum absolute atomic E-state index is 0.267. The van der Waals surface area contributed by atoms with Crippen molar-refractivity contribution in [3.8, 4) is 11.5 Å². The van der Waals surface area contributed by atoms with E-state index in [1.165, 1.54) is 0 Å². The number of nitrogens with one attached hydrogen (secondary N) is 3. The highest BCUT2D eigenvalue weighted by molar-refractivity contribution is 5.79. The summed E-state index contributed by atoms with van der Waals surface area (Å²) in [6, 6.07) is 3.82. The van der Waals surface area contributed by atoms with Crippen molar-refractivity contribution in [2.75, 3.05) is 37.4 Å². The molecule has 0 spiro atoms. The second-order valence-corrected chi connectivity index (χ2v) is 7.31. The molecule has 8 heteroatoms. The third-order valence-electron chi connectivity index (χ3n) is 5.11. The van der Waals surface area contributed by atoms with Gasteiger partial charge in [-0.05, 0) is 32.3 Å². The summed E-state index contributed by atoms with van der Waals surface area (Å²) < 4.78 is 27.3. The summed E-state index contributed by atoms with van der Waals surface area (Å²) in [6.07, 6.45) is 3.71. The highest BCUT2D eigenvalue weighted by Gasteiger charge is 2.27. The molecule has 0 saturated carbocycles. The topological polar surface area (TPSA) is 80.3 Å². The molecule has 0 aliphatic carbocycles. The molecular formula is C21H26FN5O2. The molecule has 1 atom stereocenters. The molecule has 2 aliphatic rings. The maximum Gasteiger partial charge on any atom is 0.229 e. The van der Waals surface area contributed by atoms with Gasteiger partial charge >= 0.3 is 0 Å². The lowest BCUT2D eigenvalue weighted by Crippen LogP contribution is -2.24. The number of allylic oxidation sites excluding steroid dienone is 1. The normalized spacial score (nSPS) is 18.6. The van der Waals surface area contributed by atoms with E-state index >= 15 is 4.39 Å². The SMILES string of the molecule is CNc1cc(C)nc(Nc2cc3c(c(C4=CCN[C@H](C)CC4)c2F)OCCO3)n1. The molecule has 0 fully saturated rings. The molecule has 2 aromatic rings. The van der Waals surface area contributed by atoms with E-state index in [-0.39, 0.29) is 11.5 Å². The number of hydrogen-bond donors (Lipinski definition) is 3. The van der Waals surface area contributed by atoms with E-state index in [2.05, 4.69) is 32.8 Å². The van der Waals surface area contributed by atoms with Crippen molar-refractivity contribution < 1.29 is 13.9 Å². The number of halogens is 1. The van der Waals surface area contributed by atoms with Crippen LogP contribution in [0.5, 0.6) is 11.5 Å². The highest BCUT2D eigenvalue weighted by atomic mass is 19.1. The van der Waals surface area contributed by atoms with Crippen molar-refractivity contribution in [2.24, 2.45) is 0 Å². The number of benzene rings is 1. The van der Waals surface area contributed by atoms with Crippen molar-refractivity contribution in [1.29, 1.82) is 0 Å². The molecule has 0 bridgehead atoms. The summed E-state index contributed by atoms with van der Waals surface area (Å²) in [5, 5.41) is 9.42. The lowest BCUT2D eigenvalue weighted by Gasteiger charge is -2.24. The summed E-state index contributed by atoms with van der Waals surface area (Å²) in [5.41, 5.74) is 2.42. The fourth-order valence-corrected chi connectivity index (χ4v) is 3.60. The summed E-state index contributed by atoms with van der Waals surface area (Å²) in [7, 11) is 1.78. The quantitative estimate of drug-likeness (QED) is 0.724. The lowest BCUT2D eigenvalue weighted by molar-refractivity contribution is 0.170. The van der Waals surface area contributed by atoms with E-state index in [1.54, 1.807) is 13.1 Å². The van der Waals surface area contributed by atoms with E-state index in [0.717, 1.165) is 24.1 Å². The predicted molar refractivity (Wildman–Crippen MR) is 112 cm³/mol. The first-order valence-corrected chi connectivity index (χ1v) is 9.90. The van der Waals surface area contributed by atoms with Gasteiger partial charge in [0.2, 0.25) is 5.95 Å². The van der Waals surface area contributed by atoms with Gasteiger partial charge in [0.05, 0.1) is 11.3 Å². The Kier molecular flexibility index (Phi) is 5.53. The monoisotopic (exact) mass is 399 g/mol. The molecule has 1 aromatic heterocycles. The average Bonchev–Trinajstić information content (AvgIpc) is 2.92. The van der Waals surface area contributed by atoms with Crippen LogP contribution in [0.15, 0.2) is 18.2 Å². The first-order valence-electron chi connectivity index (χ1n) is 9.90. The van der Waals surface area contributed by atoms with Gasteiger partial charge in [0.15, 0.2) is 17.3 Å². The average molecular weight is 399 g/mol. The van der Waals surface area contributed by atoms with E-state index in [0.29, 0.717) is 54.6 Å². The van der Waals surface area contributed by atoms with Crippen LogP contribution in [0, 0.1) is 12.7 Å². The standard InChI is InChI=1S/C21H26FN5O2/c1-12-4-5-14(6-7-24-12)18-19(22)15(11-16-20(18)29-9-8-28-16)26-21-25-13(2)10-17(23-3)27-21/h6,10-12,24H,4-5,7-9H2,1-3H3,(H2,23,25,26,27)/t12-/m1/s1. The molecule has 2 aliphatic heterocycles. The molecule has 0 unspecified atom stereocenters. The first kappa shape index (κ1) is 19.4. The Morgan fingerprint density at radius 3 is 2.86 bits per heavy atom. The second kappa shape index (κ2) is 8.24. The molecule has 3 heterocycles. The Balaban J connectivity index is 1.77. The molecule has 0 amide bonds. The van der Waals surface area contributed by atoms with Crippen LogP contribution >= 0.6 is 0 Å². The molecule has 3 N–H and O–H groups in total. The van der Waals surface area contributed by atoms with Gasteiger partial charge in [-0.15, -0.1) is 0 Å². The first-order chi connectivity index (χ1) is 14.0. The predicted octanol–water partition coefficient (Wildman–Crippen LogP) is 3.64. The van der Waals surface area contributed by atoms with Gasteiger partial charge in [0, 0.05) is 37.5 Å². The Morgan fingerprint density at radius 2 is 2.03 bits per heavy atom. The largest absolute Gasteiger partial charge is 0.486 e. The zero-order valence-corrected chi connectivity index (χ0v) is 16.9. The molecule has 0 radical (unpaired) electrons. The fourth-order valence-electron chi connectivity index (χ4n) is 3.60. The minimum atomic E-state index is -0.383. The van der Waals surface area contributed by atoms with Gasteiger partial charge in [-0.2, -0.15) is 4.98 Å². The number of rotatable bonds is 4. The van der Waals surface area contributed by atoms with Gasteiger partial charge in [0.25, 0.3) is 0 Å². The molecule has 154 valence electrons. The summed E-state index contributed by atoms with van der Waals surface area (Å²) in [6.45, 7) is 5.52. The van der Waals surface area contributed by atoms with Crippen LogP contribution in [-0.4, -0.2) is 42.8 Å². The Bertz CT molecular complexity index is 947. The third kappa shape index (κ3) is 4.12. The van der Waals surface area contributed by atoms with Crippen LogP contribution < -0.4 is 25.4 Å². The van der Waals surface area contributed by atoms with E-state index in [4.69, 9.17) is 9.47 Å². The van der Waals surface area contributed by atoms with Gasteiger partial charge < -0.3 is 25.4 Å². The number of anilines is 3. The van der Waals surface area contributed by atoms with Crippen LogP contribution in [0.2, 0.25) is 0 Å². The zero-order chi connectivity index (χ0) is 20.4. The lowest BCUT2D eigenvalue weighted by atomic mass is 9.97. The highest BCUT2D eigenvalue weighted by Crippen LogP contribution is 2.44. The Morgan fingerprint density at radius 1 is 1.21 bits per heavy atom. The number of aryl methyl sites for hydroxylation is 1. The van der Waals surface area contributed by atoms with Gasteiger partial charge in [0.1, 0.15) is 19.0 Å². The van der Waals surface area contributed by atoms with E-state index < -0.39 is 0 Å². The Hall–Kier alpha value is -2.87. The zero-order valence-electron chi connectivity index (χ0n) is 16.9. The molecule has 0 saturated heterocycles. The number of ether oxygens (including phenoxy) is 2. The number of hydrogen-bond acceptors (Lipinski definition) is 7. The Labute approximate surface area is 169 Å². The van der Waals surface area contributed by atoms with Crippen molar-refractivity contribution in [2.45, 2.75) is 32.7 Å². The molecular weight excluding hydrogens is 373 g/mol.